The van der Waals surface area contributed by atoms with Crippen molar-refractivity contribution >= 4 is 27.4 Å². The smallest absolute Gasteiger partial charge is 0.141 e. The van der Waals surface area contributed by atoms with E-state index < -0.39 is 0 Å². The lowest BCUT2D eigenvalue weighted by molar-refractivity contribution is 0.148. The normalized spacial score (nSPS) is 18.9. The number of nitrogens with zero attached hydrogens (tertiary/aromatic N) is 4. The van der Waals surface area contributed by atoms with Gasteiger partial charge < -0.3 is 4.90 Å². The number of aryl methyl sites for hydroxylation is 2. The van der Waals surface area contributed by atoms with Crippen LogP contribution in [0.15, 0.2) is 30.3 Å². The van der Waals surface area contributed by atoms with Gasteiger partial charge in [-0.15, -0.1) is 11.3 Å². The standard InChI is InChI=1S/C25H32N4S/c1-18-19(2)30-25-23(18)24(26-22(27-25)17-20-9-5-3-6-10-20)29-15-13-28(14-16-29)21-11-7-4-8-12-21/h3,5-6,9-10,21H,4,7-8,11-17H2,1-2H3. The Balaban J connectivity index is 1.42. The van der Waals surface area contributed by atoms with Crippen LogP contribution < -0.4 is 4.90 Å². The highest BCUT2D eigenvalue weighted by molar-refractivity contribution is 7.18. The molecule has 5 heteroatoms. The molecule has 5 rings (SSSR count). The third kappa shape index (κ3) is 3.97. The molecule has 4 nitrogen and oxygen atoms in total. The predicted molar refractivity (Wildman–Crippen MR) is 127 cm³/mol. The van der Waals surface area contributed by atoms with Gasteiger partial charge in [0.2, 0.25) is 0 Å². The predicted octanol–water partition coefficient (Wildman–Crippen LogP) is 5.35. The molecule has 0 unspecified atom stereocenters. The molecular weight excluding hydrogens is 388 g/mol. The van der Waals surface area contributed by atoms with Crippen molar-refractivity contribution in [2.75, 3.05) is 31.1 Å². The van der Waals surface area contributed by atoms with Crippen LogP contribution in [0.3, 0.4) is 0 Å². The number of hydrogen-bond acceptors (Lipinski definition) is 5. The number of thiophene rings is 1. The second kappa shape index (κ2) is 8.64. The molecule has 0 amide bonds. The van der Waals surface area contributed by atoms with Gasteiger partial charge in [-0.1, -0.05) is 49.6 Å². The summed E-state index contributed by atoms with van der Waals surface area (Å²) >= 11 is 1.82. The van der Waals surface area contributed by atoms with E-state index in [1.165, 1.54) is 53.5 Å². The molecule has 0 radical (unpaired) electrons. The average Bonchev–Trinajstić information content (AvgIpc) is 3.08. The summed E-state index contributed by atoms with van der Waals surface area (Å²) in [5.41, 5.74) is 2.63. The second-order valence-corrected chi connectivity index (χ2v) is 10.1. The van der Waals surface area contributed by atoms with Gasteiger partial charge in [0.15, 0.2) is 0 Å². The van der Waals surface area contributed by atoms with E-state index in [0.29, 0.717) is 0 Å². The van der Waals surface area contributed by atoms with Gasteiger partial charge in [-0.05, 0) is 37.8 Å². The first-order chi connectivity index (χ1) is 14.7. The van der Waals surface area contributed by atoms with E-state index in [0.717, 1.165) is 55.1 Å². The van der Waals surface area contributed by atoms with Crippen molar-refractivity contribution in [2.24, 2.45) is 0 Å². The first-order valence-corrected chi connectivity index (χ1v) is 12.3. The van der Waals surface area contributed by atoms with E-state index in [2.05, 4.69) is 54.0 Å². The van der Waals surface area contributed by atoms with Crippen LogP contribution in [0.25, 0.3) is 10.2 Å². The molecule has 0 atom stereocenters. The highest BCUT2D eigenvalue weighted by Gasteiger charge is 2.27. The van der Waals surface area contributed by atoms with Crippen molar-refractivity contribution < 1.29 is 0 Å². The third-order valence-corrected chi connectivity index (χ3v) is 8.07. The van der Waals surface area contributed by atoms with E-state index in [9.17, 15) is 0 Å². The molecule has 1 aromatic carbocycles. The fourth-order valence-corrected chi connectivity index (χ4v) is 6.15. The van der Waals surface area contributed by atoms with E-state index in [-0.39, 0.29) is 0 Å². The zero-order valence-corrected chi connectivity index (χ0v) is 19.0. The molecule has 0 N–H and O–H groups in total. The fraction of sp³-hybridized carbons (Fsp3) is 0.520. The van der Waals surface area contributed by atoms with Crippen LogP contribution in [0.4, 0.5) is 5.82 Å². The molecule has 2 aliphatic rings. The van der Waals surface area contributed by atoms with Crippen molar-refractivity contribution in [1.29, 1.82) is 0 Å². The monoisotopic (exact) mass is 420 g/mol. The number of piperazine rings is 1. The van der Waals surface area contributed by atoms with E-state index in [1.54, 1.807) is 0 Å². The second-order valence-electron chi connectivity index (χ2n) is 8.90. The molecule has 0 bridgehead atoms. The maximum absolute atomic E-state index is 5.13. The minimum atomic E-state index is 0.793. The van der Waals surface area contributed by atoms with Gasteiger partial charge in [0.1, 0.15) is 16.5 Å². The Bertz CT molecular complexity index is 999. The van der Waals surface area contributed by atoms with Crippen molar-refractivity contribution in [2.45, 2.75) is 58.4 Å². The van der Waals surface area contributed by atoms with Gasteiger partial charge in [-0.2, -0.15) is 0 Å². The van der Waals surface area contributed by atoms with E-state index >= 15 is 0 Å². The van der Waals surface area contributed by atoms with Crippen molar-refractivity contribution in [3.8, 4) is 0 Å². The number of anilines is 1. The zero-order chi connectivity index (χ0) is 20.5. The molecule has 30 heavy (non-hydrogen) atoms. The van der Waals surface area contributed by atoms with Crippen molar-refractivity contribution in [3.63, 3.8) is 0 Å². The first kappa shape index (κ1) is 20.0. The molecule has 1 saturated heterocycles. The summed E-state index contributed by atoms with van der Waals surface area (Å²) in [5, 5.41) is 1.28. The maximum Gasteiger partial charge on any atom is 0.141 e. The minimum absolute atomic E-state index is 0.793. The first-order valence-electron chi connectivity index (χ1n) is 11.5. The lowest BCUT2D eigenvalue weighted by Crippen LogP contribution is -2.51. The van der Waals surface area contributed by atoms with Crippen LogP contribution in [0.2, 0.25) is 0 Å². The highest BCUT2D eigenvalue weighted by Crippen LogP contribution is 2.36. The molecule has 2 aromatic heterocycles. The van der Waals surface area contributed by atoms with Crippen LogP contribution in [0.5, 0.6) is 0 Å². The third-order valence-electron chi connectivity index (χ3n) is 6.97. The molecule has 2 fully saturated rings. The summed E-state index contributed by atoms with van der Waals surface area (Å²) in [6.45, 7) is 8.90. The van der Waals surface area contributed by atoms with Gasteiger partial charge in [-0.25, -0.2) is 9.97 Å². The van der Waals surface area contributed by atoms with Gasteiger partial charge in [-0.3, -0.25) is 4.90 Å². The topological polar surface area (TPSA) is 32.3 Å². The summed E-state index contributed by atoms with van der Waals surface area (Å²) in [5.74, 6) is 2.11. The average molecular weight is 421 g/mol. The molecule has 1 aliphatic carbocycles. The summed E-state index contributed by atoms with van der Waals surface area (Å²) in [4.78, 5) is 17.9. The Morgan fingerprint density at radius 3 is 2.40 bits per heavy atom. The molecule has 3 heterocycles. The van der Waals surface area contributed by atoms with Gasteiger partial charge >= 0.3 is 0 Å². The quantitative estimate of drug-likeness (QED) is 0.569. The fourth-order valence-electron chi connectivity index (χ4n) is 5.10. The summed E-state index contributed by atoms with van der Waals surface area (Å²) in [7, 11) is 0. The number of hydrogen-bond donors (Lipinski definition) is 0. The van der Waals surface area contributed by atoms with Crippen LogP contribution in [0, 0.1) is 13.8 Å². The van der Waals surface area contributed by atoms with Crippen LogP contribution in [0.1, 0.15) is 53.9 Å². The van der Waals surface area contributed by atoms with Crippen LogP contribution >= 0.6 is 11.3 Å². The molecule has 1 aliphatic heterocycles. The summed E-state index contributed by atoms with van der Waals surface area (Å²) in [6, 6.07) is 11.4. The summed E-state index contributed by atoms with van der Waals surface area (Å²) in [6.07, 6.45) is 7.82. The molecule has 3 aromatic rings. The van der Waals surface area contributed by atoms with Crippen molar-refractivity contribution in [1.82, 2.24) is 14.9 Å². The molecule has 158 valence electrons. The Kier molecular flexibility index (Phi) is 5.74. The van der Waals surface area contributed by atoms with Crippen molar-refractivity contribution in [3.05, 3.63) is 52.2 Å². The Labute approximate surface area is 184 Å². The number of aromatic nitrogens is 2. The number of benzene rings is 1. The number of fused-ring (bicyclic) bond motifs is 1. The SMILES string of the molecule is Cc1sc2nc(Cc3ccccc3)nc(N3CCN(C4CCCCC4)CC3)c2c1C. The zero-order valence-electron chi connectivity index (χ0n) is 18.2. The van der Waals surface area contributed by atoms with Crippen LogP contribution in [-0.2, 0) is 6.42 Å². The lowest BCUT2D eigenvalue weighted by atomic mass is 9.94. The number of rotatable bonds is 4. The maximum atomic E-state index is 5.13. The molecule has 0 spiro atoms. The van der Waals surface area contributed by atoms with Gasteiger partial charge in [0.25, 0.3) is 0 Å². The van der Waals surface area contributed by atoms with E-state index in [4.69, 9.17) is 9.97 Å². The highest BCUT2D eigenvalue weighted by atomic mass is 32.1. The van der Waals surface area contributed by atoms with Gasteiger partial charge in [0, 0.05) is 43.5 Å². The molecular formula is C25H32N4S. The van der Waals surface area contributed by atoms with E-state index in [1.807, 2.05) is 11.3 Å². The Morgan fingerprint density at radius 2 is 1.67 bits per heavy atom. The largest absolute Gasteiger partial charge is 0.353 e. The molecule has 1 saturated carbocycles. The minimum Gasteiger partial charge on any atom is -0.353 e. The van der Waals surface area contributed by atoms with Crippen LogP contribution in [-0.4, -0.2) is 47.1 Å². The lowest BCUT2D eigenvalue weighted by Gasteiger charge is -2.41. The Hall–Kier alpha value is -1.98. The van der Waals surface area contributed by atoms with Gasteiger partial charge in [0.05, 0.1) is 5.39 Å². The summed E-state index contributed by atoms with van der Waals surface area (Å²) < 4.78 is 0. The Morgan fingerprint density at radius 1 is 0.933 bits per heavy atom.